The van der Waals surface area contributed by atoms with Crippen LogP contribution >= 0.6 is 0 Å². The third-order valence-electron chi connectivity index (χ3n) is 9.89. The molecule has 1 amide bonds. The molecule has 1 aliphatic carbocycles. The van der Waals surface area contributed by atoms with Gasteiger partial charge in [-0.1, -0.05) is 49.6 Å². The summed E-state index contributed by atoms with van der Waals surface area (Å²) in [5.41, 5.74) is 6.67. The lowest BCUT2D eigenvalue weighted by Crippen LogP contribution is -2.47. The van der Waals surface area contributed by atoms with Gasteiger partial charge in [0, 0.05) is 67.5 Å². The first kappa shape index (κ1) is 28.5. The van der Waals surface area contributed by atoms with Crippen LogP contribution < -0.4 is 4.90 Å². The average molecular weight is 569 g/mol. The van der Waals surface area contributed by atoms with Crippen LogP contribution in [0.3, 0.4) is 0 Å². The number of nitrogens with zero attached hydrogens (tertiary/aromatic N) is 4. The van der Waals surface area contributed by atoms with Crippen LogP contribution in [0.2, 0.25) is 0 Å². The predicted octanol–water partition coefficient (Wildman–Crippen LogP) is 6.37. The van der Waals surface area contributed by atoms with E-state index in [1.54, 1.807) is 12.1 Å². The molecule has 2 aliphatic heterocycles. The van der Waals surface area contributed by atoms with Gasteiger partial charge in [0.15, 0.2) is 0 Å². The van der Waals surface area contributed by atoms with E-state index < -0.39 is 5.97 Å². The molecule has 1 saturated carbocycles. The highest BCUT2D eigenvalue weighted by Gasteiger charge is 2.31. The number of hydrogen-bond acceptors (Lipinski definition) is 4. The van der Waals surface area contributed by atoms with Crippen molar-refractivity contribution >= 4 is 28.5 Å². The quantitative estimate of drug-likeness (QED) is 0.335. The van der Waals surface area contributed by atoms with E-state index in [1.165, 1.54) is 60.0 Å². The molecule has 1 N–H and O–H groups in total. The molecule has 0 bridgehead atoms. The summed E-state index contributed by atoms with van der Waals surface area (Å²) in [6, 6.07) is 15.1. The van der Waals surface area contributed by atoms with Gasteiger partial charge in [0.2, 0.25) is 5.91 Å². The van der Waals surface area contributed by atoms with Gasteiger partial charge in [0.25, 0.3) is 0 Å². The molecule has 42 heavy (non-hydrogen) atoms. The van der Waals surface area contributed by atoms with Crippen LogP contribution in [0, 0.1) is 0 Å². The molecule has 7 nitrogen and oxygen atoms in total. The van der Waals surface area contributed by atoms with Gasteiger partial charge in [0.05, 0.1) is 11.3 Å². The van der Waals surface area contributed by atoms with E-state index in [-0.39, 0.29) is 5.91 Å². The molecule has 1 saturated heterocycles. The second kappa shape index (κ2) is 12.3. The Kier molecular flexibility index (Phi) is 8.38. The largest absolute Gasteiger partial charge is 0.478 e. The fourth-order valence-corrected chi connectivity index (χ4v) is 7.60. The topological polar surface area (TPSA) is 69.0 Å². The van der Waals surface area contributed by atoms with Crippen molar-refractivity contribution in [2.45, 2.75) is 70.4 Å². The number of fused-ring (bicyclic) bond motifs is 5. The van der Waals surface area contributed by atoms with Crippen LogP contribution in [-0.2, 0) is 11.3 Å². The number of aromatic nitrogens is 1. The van der Waals surface area contributed by atoms with Crippen molar-refractivity contribution in [1.82, 2.24) is 14.4 Å². The predicted molar refractivity (Wildman–Crippen MR) is 169 cm³/mol. The number of para-hydroxylation sites is 1. The maximum Gasteiger partial charge on any atom is 0.335 e. The van der Waals surface area contributed by atoms with Crippen LogP contribution in [0.4, 0.5) is 5.69 Å². The van der Waals surface area contributed by atoms with E-state index in [0.717, 1.165) is 57.6 Å². The zero-order valence-corrected chi connectivity index (χ0v) is 25.1. The number of carbonyl (C=O) groups excluding carboxylic acids is 1. The molecular weight excluding hydrogens is 524 g/mol. The molecule has 2 aromatic carbocycles. The molecule has 222 valence electrons. The monoisotopic (exact) mass is 568 g/mol. The number of hydrogen-bond donors (Lipinski definition) is 1. The van der Waals surface area contributed by atoms with Crippen molar-refractivity contribution in [1.29, 1.82) is 0 Å². The molecule has 2 fully saturated rings. The molecule has 7 heteroatoms. The van der Waals surface area contributed by atoms with Gasteiger partial charge >= 0.3 is 5.97 Å². The number of carboxylic acids is 1. The molecule has 0 unspecified atom stereocenters. The summed E-state index contributed by atoms with van der Waals surface area (Å²) < 4.78 is 2.42. The summed E-state index contributed by atoms with van der Waals surface area (Å²) in [7, 11) is 2.23. The fourth-order valence-electron chi connectivity index (χ4n) is 7.60. The number of carboxylic acid groups (broad SMARTS) is 1. The van der Waals surface area contributed by atoms with E-state index >= 15 is 0 Å². The van der Waals surface area contributed by atoms with Crippen LogP contribution in [-0.4, -0.2) is 77.2 Å². The van der Waals surface area contributed by atoms with Crippen molar-refractivity contribution in [3.63, 3.8) is 0 Å². The van der Waals surface area contributed by atoms with E-state index in [1.807, 2.05) is 24.0 Å². The van der Waals surface area contributed by atoms with Crippen molar-refractivity contribution in [2.24, 2.45) is 0 Å². The number of anilines is 1. The first-order valence-corrected chi connectivity index (χ1v) is 15.8. The minimum absolute atomic E-state index is 0.124. The van der Waals surface area contributed by atoms with Crippen LogP contribution in [0.15, 0.2) is 54.6 Å². The zero-order valence-electron chi connectivity index (χ0n) is 25.1. The third kappa shape index (κ3) is 5.47. The number of likely N-dealkylation sites (N-methyl/N-ethyl adjacent to an activating group) is 1. The van der Waals surface area contributed by atoms with Crippen molar-refractivity contribution < 1.29 is 14.7 Å². The van der Waals surface area contributed by atoms with Gasteiger partial charge in [-0.3, -0.25) is 4.79 Å². The Morgan fingerprint density at radius 1 is 0.976 bits per heavy atom. The number of aromatic carboxylic acids is 1. The van der Waals surface area contributed by atoms with Crippen LogP contribution in [0.5, 0.6) is 0 Å². The summed E-state index contributed by atoms with van der Waals surface area (Å²) in [6.07, 6.45) is 11.7. The first-order valence-electron chi connectivity index (χ1n) is 15.8. The van der Waals surface area contributed by atoms with Crippen LogP contribution in [0.25, 0.3) is 22.2 Å². The number of allylic oxidation sites excluding steroid dienone is 1. The second-order valence-corrected chi connectivity index (χ2v) is 12.3. The standard InChI is InChI=1S/C35H44N4O3/c1-3-9-32(40)38-18-16-27(17-19-38)36(2)20-21-37-22-23-39-31-24-26(35(41)42)14-15-28(31)33(25-10-5-4-6-11-25)34(39)29-12-7-8-13-30(29)37/h3,7-9,12-15,24-25,27H,4-6,10-11,16-23H2,1-2H3,(H,41,42)/b9-3+. The van der Waals surface area contributed by atoms with E-state index in [0.29, 0.717) is 17.5 Å². The summed E-state index contributed by atoms with van der Waals surface area (Å²) >= 11 is 0. The van der Waals surface area contributed by atoms with E-state index in [2.05, 4.69) is 51.7 Å². The fraction of sp³-hybridized carbons (Fsp3) is 0.486. The number of carbonyl (C=O) groups is 2. The van der Waals surface area contributed by atoms with Crippen molar-refractivity contribution in [3.8, 4) is 11.3 Å². The third-order valence-corrected chi connectivity index (χ3v) is 9.89. The summed E-state index contributed by atoms with van der Waals surface area (Å²) in [6.45, 7) is 7.10. The summed E-state index contributed by atoms with van der Waals surface area (Å²) in [5, 5.41) is 11.0. The number of piperidine rings is 1. The molecule has 3 aliphatic rings. The molecular formula is C35H44N4O3. The van der Waals surface area contributed by atoms with Crippen molar-refractivity contribution in [2.75, 3.05) is 44.7 Å². The van der Waals surface area contributed by atoms with Gasteiger partial charge in [-0.2, -0.15) is 0 Å². The Labute approximate surface area is 249 Å². The minimum Gasteiger partial charge on any atom is -0.478 e. The first-order chi connectivity index (χ1) is 20.5. The summed E-state index contributed by atoms with van der Waals surface area (Å²) in [4.78, 5) is 31.2. The number of likely N-dealkylation sites (tertiary alicyclic amines) is 1. The van der Waals surface area contributed by atoms with Gasteiger partial charge in [-0.25, -0.2) is 4.79 Å². The number of rotatable bonds is 7. The van der Waals surface area contributed by atoms with Gasteiger partial charge in [-0.15, -0.1) is 0 Å². The molecule has 3 aromatic rings. The Balaban J connectivity index is 1.28. The molecule has 0 radical (unpaired) electrons. The van der Waals surface area contributed by atoms with Crippen LogP contribution in [0.1, 0.15) is 73.7 Å². The van der Waals surface area contributed by atoms with Crippen molar-refractivity contribution in [3.05, 3.63) is 65.7 Å². The van der Waals surface area contributed by atoms with Gasteiger partial charge in [0.1, 0.15) is 0 Å². The minimum atomic E-state index is -0.873. The Morgan fingerprint density at radius 2 is 1.74 bits per heavy atom. The number of amides is 1. The Morgan fingerprint density at radius 3 is 2.48 bits per heavy atom. The highest BCUT2D eigenvalue weighted by atomic mass is 16.4. The average Bonchev–Trinajstić information content (AvgIpc) is 3.25. The summed E-state index contributed by atoms with van der Waals surface area (Å²) in [5.74, 6) is -0.244. The molecule has 1 aromatic heterocycles. The number of benzene rings is 2. The highest BCUT2D eigenvalue weighted by Crippen LogP contribution is 2.47. The van der Waals surface area contributed by atoms with E-state index in [4.69, 9.17) is 0 Å². The highest BCUT2D eigenvalue weighted by molar-refractivity contribution is 5.99. The Hall–Kier alpha value is -3.58. The SMILES string of the molecule is C/C=C/C(=O)N1CCC(N(C)CCN2CCn3c(c(C4CCCCC4)c4ccc(C(=O)O)cc43)-c3ccccc32)CC1. The molecule has 3 heterocycles. The zero-order chi connectivity index (χ0) is 29.2. The smallest absolute Gasteiger partial charge is 0.335 e. The molecule has 6 rings (SSSR count). The lowest BCUT2D eigenvalue weighted by Gasteiger charge is -2.37. The second-order valence-electron chi connectivity index (χ2n) is 12.3. The maximum atomic E-state index is 12.3. The molecule has 0 atom stereocenters. The lowest BCUT2D eigenvalue weighted by molar-refractivity contribution is -0.127. The Bertz CT molecular complexity index is 1480. The molecule has 0 spiro atoms. The van der Waals surface area contributed by atoms with Gasteiger partial charge < -0.3 is 24.4 Å². The maximum absolute atomic E-state index is 12.3. The lowest BCUT2D eigenvalue weighted by atomic mass is 9.81. The van der Waals surface area contributed by atoms with E-state index in [9.17, 15) is 14.7 Å². The normalized spacial score (nSPS) is 18.5. The van der Waals surface area contributed by atoms with Gasteiger partial charge in [-0.05, 0) is 75.4 Å².